The lowest BCUT2D eigenvalue weighted by Crippen LogP contribution is -2.46. The molecule has 1 unspecified atom stereocenters. The molecule has 1 N–H and O–H groups in total. The van der Waals surface area contributed by atoms with Gasteiger partial charge in [0.15, 0.2) is 0 Å². The maximum Gasteiger partial charge on any atom is 0.410 e. The number of ether oxygens (including phenoxy) is 2. The second kappa shape index (κ2) is 7.69. The molecule has 0 bridgehead atoms. The number of hydrogen-bond acceptors (Lipinski definition) is 5. The first-order valence-electron chi connectivity index (χ1n) is 9.37. The molecular formula is C20H26N2O6. The summed E-state index contributed by atoms with van der Waals surface area (Å²) in [4.78, 5) is 39.8. The smallest absolute Gasteiger partial charge is 0.410 e. The quantitative estimate of drug-likeness (QED) is 0.852. The Kier molecular flexibility index (Phi) is 5.49. The van der Waals surface area contributed by atoms with E-state index in [1.165, 1.54) is 9.80 Å². The molecule has 8 nitrogen and oxygen atoms in total. The van der Waals surface area contributed by atoms with Crippen LogP contribution in [0.2, 0.25) is 0 Å². The molecular weight excluding hydrogens is 364 g/mol. The van der Waals surface area contributed by atoms with Crippen LogP contribution in [-0.2, 0) is 20.9 Å². The number of carbonyl (C=O) groups is 3. The fourth-order valence-electron chi connectivity index (χ4n) is 3.85. The zero-order valence-corrected chi connectivity index (χ0v) is 16.3. The largest absolute Gasteiger partial charge is 0.481 e. The summed E-state index contributed by atoms with van der Waals surface area (Å²) in [6, 6.07) is 8.27. The van der Waals surface area contributed by atoms with Crippen molar-refractivity contribution in [1.82, 2.24) is 9.80 Å². The molecule has 2 aliphatic rings. The van der Waals surface area contributed by atoms with Gasteiger partial charge >= 0.3 is 18.2 Å². The summed E-state index contributed by atoms with van der Waals surface area (Å²) >= 11 is 0. The second-order valence-corrected chi connectivity index (χ2v) is 8.16. The van der Waals surface area contributed by atoms with E-state index in [1.807, 2.05) is 30.3 Å². The highest BCUT2D eigenvalue weighted by Crippen LogP contribution is 2.37. The summed E-state index contributed by atoms with van der Waals surface area (Å²) in [6.07, 6.45) is -0.617. The van der Waals surface area contributed by atoms with Gasteiger partial charge in [-0.25, -0.2) is 9.59 Å². The molecule has 2 fully saturated rings. The van der Waals surface area contributed by atoms with Crippen LogP contribution in [0, 0.1) is 5.92 Å². The molecule has 0 spiro atoms. The summed E-state index contributed by atoms with van der Waals surface area (Å²) in [5.41, 5.74) is 0.170. The van der Waals surface area contributed by atoms with Crippen molar-refractivity contribution >= 4 is 18.2 Å². The Hall–Kier alpha value is -2.77. The summed E-state index contributed by atoms with van der Waals surface area (Å²) in [5, 5.41) is 9.64. The number of carboxylic acids is 1. The van der Waals surface area contributed by atoms with E-state index < -0.39 is 41.8 Å². The maximum absolute atomic E-state index is 12.6. The van der Waals surface area contributed by atoms with Gasteiger partial charge in [-0.15, -0.1) is 0 Å². The van der Waals surface area contributed by atoms with E-state index >= 15 is 0 Å². The lowest BCUT2D eigenvalue weighted by atomic mass is 10.00. The van der Waals surface area contributed by atoms with Crippen LogP contribution in [-0.4, -0.2) is 63.8 Å². The van der Waals surface area contributed by atoms with Crippen LogP contribution in [0.5, 0.6) is 0 Å². The predicted octanol–water partition coefficient (Wildman–Crippen LogP) is 2.72. The van der Waals surface area contributed by atoms with E-state index in [0.717, 1.165) is 5.56 Å². The van der Waals surface area contributed by atoms with Crippen molar-refractivity contribution in [1.29, 1.82) is 0 Å². The zero-order valence-electron chi connectivity index (χ0n) is 16.3. The van der Waals surface area contributed by atoms with Gasteiger partial charge in [0.2, 0.25) is 0 Å². The highest BCUT2D eigenvalue weighted by Gasteiger charge is 2.55. The predicted molar refractivity (Wildman–Crippen MR) is 99.6 cm³/mol. The molecule has 2 amide bonds. The van der Waals surface area contributed by atoms with Crippen LogP contribution in [0.1, 0.15) is 32.8 Å². The molecule has 28 heavy (non-hydrogen) atoms. The summed E-state index contributed by atoms with van der Waals surface area (Å²) in [5.74, 6) is -1.91. The normalized spacial score (nSPS) is 24.0. The van der Waals surface area contributed by atoms with E-state index in [4.69, 9.17) is 9.47 Å². The van der Waals surface area contributed by atoms with Crippen LogP contribution in [0.15, 0.2) is 30.3 Å². The molecule has 2 saturated heterocycles. The topological polar surface area (TPSA) is 96.4 Å². The third-order valence-electron chi connectivity index (χ3n) is 5.01. The van der Waals surface area contributed by atoms with Crippen LogP contribution in [0.25, 0.3) is 0 Å². The van der Waals surface area contributed by atoms with Gasteiger partial charge in [-0.2, -0.15) is 0 Å². The third-order valence-corrected chi connectivity index (χ3v) is 5.01. The number of amides is 2. The van der Waals surface area contributed by atoms with Crippen molar-refractivity contribution in [3.8, 4) is 0 Å². The number of carboxylic acid groups (broad SMARTS) is 1. The number of rotatable bonds is 3. The number of likely N-dealkylation sites (tertiary alicyclic amines) is 2. The highest BCUT2D eigenvalue weighted by molar-refractivity contribution is 5.78. The zero-order chi connectivity index (χ0) is 20.5. The Morgan fingerprint density at radius 2 is 1.79 bits per heavy atom. The van der Waals surface area contributed by atoms with Crippen molar-refractivity contribution in [3.63, 3.8) is 0 Å². The van der Waals surface area contributed by atoms with Crippen LogP contribution < -0.4 is 0 Å². The Bertz CT molecular complexity index is 745. The Balaban J connectivity index is 1.71. The number of fused-ring (bicyclic) bond motifs is 1. The summed E-state index contributed by atoms with van der Waals surface area (Å²) in [6.45, 7) is 5.74. The van der Waals surface area contributed by atoms with E-state index in [2.05, 4.69) is 0 Å². The van der Waals surface area contributed by atoms with Gasteiger partial charge < -0.3 is 24.4 Å². The number of hydrogen-bond donors (Lipinski definition) is 1. The molecule has 1 aromatic carbocycles. The van der Waals surface area contributed by atoms with Crippen molar-refractivity contribution in [2.45, 2.75) is 51.5 Å². The van der Waals surface area contributed by atoms with Crippen LogP contribution in [0.4, 0.5) is 9.59 Å². The van der Waals surface area contributed by atoms with Crippen LogP contribution >= 0.6 is 0 Å². The molecule has 3 rings (SSSR count). The second-order valence-electron chi connectivity index (χ2n) is 8.16. The van der Waals surface area contributed by atoms with E-state index in [0.29, 0.717) is 13.0 Å². The molecule has 3 atom stereocenters. The number of carbonyl (C=O) groups excluding carboxylic acids is 2. The summed E-state index contributed by atoms with van der Waals surface area (Å²) in [7, 11) is 0. The molecule has 0 aromatic heterocycles. The third kappa shape index (κ3) is 4.21. The maximum atomic E-state index is 12.6. The van der Waals surface area contributed by atoms with E-state index in [-0.39, 0.29) is 13.2 Å². The SMILES string of the molecule is CC(C)(C)OC(=O)N1CC[C@@H]2C1[C@@H](C(=O)O)CN2C(=O)OCc1ccccc1. The number of benzene rings is 1. The van der Waals surface area contributed by atoms with Gasteiger partial charge in [0, 0.05) is 13.1 Å². The Labute approximate surface area is 164 Å². The van der Waals surface area contributed by atoms with Gasteiger partial charge in [-0.05, 0) is 32.8 Å². The first kappa shape index (κ1) is 20.0. The molecule has 8 heteroatoms. The van der Waals surface area contributed by atoms with Gasteiger partial charge in [-0.3, -0.25) is 4.79 Å². The lowest BCUT2D eigenvalue weighted by Gasteiger charge is -2.29. The first-order chi connectivity index (χ1) is 13.2. The average Bonchev–Trinajstić information content (AvgIpc) is 3.19. The van der Waals surface area contributed by atoms with Gasteiger partial charge in [0.05, 0.1) is 18.0 Å². The number of nitrogens with zero attached hydrogens (tertiary/aromatic N) is 2. The highest BCUT2D eigenvalue weighted by atomic mass is 16.6. The van der Waals surface area contributed by atoms with Crippen molar-refractivity contribution in [2.75, 3.05) is 13.1 Å². The molecule has 2 aliphatic heterocycles. The molecule has 0 saturated carbocycles. The standard InChI is InChI=1S/C20H26N2O6/c1-20(2,3)28-19(26)21-10-9-15-16(21)14(17(23)24)11-22(15)18(25)27-12-13-7-5-4-6-8-13/h4-8,14-16H,9-12H2,1-3H3,(H,23,24)/t14-,15+,16?/m0/s1. The van der Waals surface area contributed by atoms with Crippen molar-refractivity contribution in [3.05, 3.63) is 35.9 Å². The first-order valence-corrected chi connectivity index (χ1v) is 9.37. The van der Waals surface area contributed by atoms with E-state index in [9.17, 15) is 19.5 Å². The Morgan fingerprint density at radius 3 is 2.39 bits per heavy atom. The average molecular weight is 390 g/mol. The van der Waals surface area contributed by atoms with E-state index in [1.54, 1.807) is 20.8 Å². The van der Waals surface area contributed by atoms with Crippen molar-refractivity contribution < 1.29 is 29.0 Å². The molecule has 152 valence electrons. The fourth-order valence-corrected chi connectivity index (χ4v) is 3.85. The fraction of sp³-hybridized carbons (Fsp3) is 0.550. The van der Waals surface area contributed by atoms with Crippen LogP contribution in [0.3, 0.4) is 0 Å². The molecule has 0 aliphatic carbocycles. The molecule has 1 aromatic rings. The minimum atomic E-state index is -1.04. The Morgan fingerprint density at radius 1 is 1.11 bits per heavy atom. The van der Waals surface area contributed by atoms with Gasteiger partial charge in [-0.1, -0.05) is 30.3 Å². The monoisotopic (exact) mass is 390 g/mol. The molecule has 2 heterocycles. The van der Waals surface area contributed by atoms with Gasteiger partial charge in [0.1, 0.15) is 12.2 Å². The molecule has 0 radical (unpaired) electrons. The number of aliphatic carboxylic acids is 1. The summed E-state index contributed by atoms with van der Waals surface area (Å²) < 4.78 is 10.8. The van der Waals surface area contributed by atoms with Crippen molar-refractivity contribution in [2.24, 2.45) is 5.92 Å². The minimum absolute atomic E-state index is 0.0115. The van der Waals surface area contributed by atoms with Gasteiger partial charge in [0.25, 0.3) is 0 Å². The lowest BCUT2D eigenvalue weighted by molar-refractivity contribution is -0.142. The minimum Gasteiger partial charge on any atom is -0.481 e.